The molecular weight excluding hydrogens is 246 g/mol. The third-order valence-electron chi connectivity index (χ3n) is 2.15. The molecule has 4 nitrogen and oxygen atoms in total. The molecule has 1 aromatic heterocycles. The first-order valence-electron chi connectivity index (χ1n) is 5.56. The van der Waals surface area contributed by atoms with Crippen LogP contribution in [0.2, 0.25) is 0 Å². The minimum absolute atomic E-state index is 0.231. The minimum Gasteiger partial charge on any atom is -0.479 e. The Kier molecular flexibility index (Phi) is 4.26. The number of benzene rings is 1. The predicted octanol–water partition coefficient (Wildman–Crippen LogP) is 2.39. The average Bonchev–Trinajstić information content (AvgIpc) is 2.86. The molecule has 0 aliphatic heterocycles. The molecule has 1 aromatic carbocycles. The summed E-state index contributed by atoms with van der Waals surface area (Å²) in [6.07, 6.45) is 6.93. The number of para-hydroxylation sites is 2. The molecule has 0 saturated carbocycles. The summed E-state index contributed by atoms with van der Waals surface area (Å²) < 4.78 is 5.47. The third-order valence-corrected chi connectivity index (χ3v) is 2.93. The lowest BCUT2D eigenvalue weighted by Gasteiger charge is -2.07. The fourth-order valence-electron chi connectivity index (χ4n) is 1.44. The Balaban J connectivity index is 2.28. The first-order valence-corrected chi connectivity index (χ1v) is 6.54. The minimum atomic E-state index is 0.231. The lowest BCUT2D eigenvalue weighted by molar-refractivity contribution is 0.366. The monoisotopic (exact) mass is 259 g/mol. The molecule has 0 bridgehead atoms. The molecule has 0 aliphatic carbocycles. The van der Waals surface area contributed by atoms with E-state index in [2.05, 4.69) is 23.0 Å². The van der Waals surface area contributed by atoms with E-state index in [1.165, 1.54) is 0 Å². The van der Waals surface area contributed by atoms with Gasteiger partial charge >= 0.3 is 0 Å². The molecule has 0 aliphatic rings. The fraction of sp³-hybridized carbons (Fsp3) is 0.231. The smallest absolute Gasteiger partial charge is 0.148 e. The maximum absolute atomic E-state index is 5.47. The van der Waals surface area contributed by atoms with Crippen LogP contribution in [0.25, 0.3) is 5.69 Å². The molecule has 2 rings (SSSR count). The zero-order valence-corrected chi connectivity index (χ0v) is 10.9. The van der Waals surface area contributed by atoms with Crippen molar-refractivity contribution in [1.29, 1.82) is 0 Å². The van der Waals surface area contributed by atoms with E-state index in [0.717, 1.165) is 16.5 Å². The van der Waals surface area contributed by atoms with Gasteiger partial charge in [-0.05, 0) is 17.9 Å². The molecule has 0 atom stereocenters. The summed E-state index contributed by atoms with van der Waals surface area (Å²) in [6.45, 7) is 2.31. The van der Waals surface area contributed by atoms with Crippen molar-refractivity contribution in [2.45, 2.75) is 11.9 Å². The zero-order chi connectivity index (χ0) is 12.8. The number of nitrogens with zero attached hydrogens (tertiary/aromatic N) is 3. The molecule has 0 radical (unpaired) electrons. The van der Waals surface area contributed by atoms with Gasteiger partial charge in [0.15, 0.2) is 0 Å². The molecule has 0 amide bonds. The average molecular weight is 259 g/mol. The van der Waals surface area contributed by atoms with E-state index in [-0.39, 0.29) is 6.61 Å². The van der Waals surface area contributed by atoms with Crippen LogP contribution in [0.5, 0.6) is 5.75 Å². The Morgan fingerprint density at radius 2 is 2.28 bits per heavy atom. The number of thioether (sulfide) groups is 1. The molecule has 0 saturated heterocycles. The van der Waals surface area contributed by atoms with Crippen molar-refractivity contribution >= 4 is 11.8 Å². The van der Waals surface area contributed by atoms with Crippen molar-refractivity contribution in [3.05, 3.63) is 30.5 Å². The molecule has 1 heterocycles. The number of ether oxygens (including phenoxy) is 1. The standard InChI is InChI=1S/C13H13N3OS/c1-3-9-17-12-8-6-5-7-11(12)16-14-10-13(15-16)18-4-2/h1,5-8,10H,4,9H2,2H3. The number of terminal acetylenes is 1. The van der Waals surface area contributed by atoms with Gasteiger partial charge < -0.3 is 4.74 Å². The largest absolute Gasteiger partial charge is 0.479 e. The normalized spacial score (nSPS) is 10.0. The van der Waals surface area contributed by atoms with Crippen molar-refractivity contribution in [2.75, 3.05) is 12.4 Å². The topological polar surface area (TPSA) is 39.9 Å². The quantitative estimate of drug-likeness (QED) is 0.610. The van der Waals surface area contributed by atoms with E-state index >= 15 is 0 Å². The molecular formula is C13H13N3OS. The Morgan fingerprint density at radius 3 is 3.06 bits per heavy atom. The molecule has 0 N–H and O–H groups in total. The predicted molar refractivity (Wildman–Crippen MR) is 72.1 cm³/mol. The van der Waals surface area contributed by atoms with Crippen molar-refractivity contribution in [1.82, 2.24) is 15.0 Å². The summed E-state index contributed by atoms with van der Waals surface area (Å²) in [5.41, 5.74) is 0.788. The van der Waals surface area contributed by atoms with Crippen LogP contribution in [0.3, 0.4) is 0 Å². The lowest BCUT2D eigenvalue weighted by Crippen LogP contribution is -2.03. The molecule has 92 valence electrons. The van der Waals surface area contributed by atoms with Gasteiger partial charge in [-0.3, -0.25) is 0 Å². The second-order valence-corrected chi connectivity index (χ2v) is 4.65. The van der Waals surface area contributed by atoms with E-state index in [9.17, 15) is 0 Å². The van der Waals surface area contributed by atoms with Crippen LogP contribution in [0.4, 0.5) is 0 Å². The van der Waals surface area contributed by atoms with Gasteiger partial charge in [0, 0.05) is 0 Å². The summed E-state index contributed by atoms with van der Waals surface area (Å²) in [5.74, 6) is 4.09. The van der Waals surface area contributed by atoms with E-state index in [1.54, 1.807) is 22.8 Å². The molecule has 0 unspecified atom stereocenters. The summed E-state index contributed by atoms with van der Waals surface area (Å²) in [6, 6.07) is 7.55. The number of hydrogen-bond acceptors (Lipinski definition) is 4. The van der Waals surface area contributed by atoms with Gasteiger partial charge in [-0.2, -0.15) is 5.10 Å². The van der Waals surface area contributed by atoms with Crippen LogP contribution >= 0.6 is 11.8 Å². The van der Waals surface area contributed by atoms with Gasteiger partial charge in [0.05, 0.1) is 6.20 Å². The van der Waals surface area contributed by atoms with E-state index in [4.69, 9.17) is 11.2 Å². The Morgan fingerprint density at radius 1 is 1.44 bits per heavy atom. The Hall–Kier alpha value is -1.93. The molecule has 5 heteroatoms. The van der Waals surface area contributed by atoms with Crippen molar-refractivity contribution in [3.63, 3.8) is 0 Å². The van der Waals surface area contributed by atoms with Gasteiger partial charge in [0.1, 0.15) is 23.1 Å². The molecule has 2 aromatic rings. The Bertz CT molecular complexity index is 559. The highest BCUT2D eigenvalue weighted by atomic mass is 32.2. The summed E-state index contributed by atoms with van der Waals surface area (Å²) in [5, 5.41) is 9.50. The van der Waals surface area contributed by atoms with Crippen molar-refractivity contribution in [3.8, 4) is 23.8 Å². The van der Waals surface area contributed by atoms with Crippen molar-refractivity contribution < 1.29 is 4.74 Å². The van der Waals surface area contributed by atoms with Crippen LogP contribution in [0, 0.1) is 12.3 Å². The summed E-state index contributed by atoms with van der Waals surface area (Å²) >= 11 is 1.65. The van der Waals surface area contributed by atoms with Crippen molar-refractivity contribution in [2.24, 2.45) is 0 Å². The highest BCUT2D eigenvalue weighted by molar-refractivity contribution is 7.99. The fourth-order valence-corrected chi connectivity index (χ4v) is 2.00. The second-order valence-electron chi connectivity index (χ2n) is 3.37. The highest BCUT2D eigenvalue weighted by Crippen LogP contribution is 2.22. The number of aromatic nitrogens is 3. The SMILES string of the molecule is C#CCOc1ccccc1-n1ncc(SCC)n1. The molecule has 0 fully saturated rings. The van der Waals surface area contributed by atoms with Crippen LogP contribution in [-0.4, -0.2) is 27.4 Å². The van der Waals surface area contributed by atoms with Crippen LogP contribution < -0.4 is 4.74 Å². The zero-order valence-electron chi connectivity index (χ0n) is 10.0. The second kappa shape index (κ2) is 6.12. The highest BCUT2D eigenvalue weighted by Gasteiger charge is 2.08. The maximum Gasteiger partial charge on any atom is 0.148 e. The first kappa shape index (κ1) is 12.5. The van der Waals surface area contributed by atoms with E-state index < -0.39 is 0 Å². The lowest BCUT2D eigenvalue weighted by atomic mass is 10.3. The first-order chi connectivity index (χ1) is 8.85. The maximum atomic E-state index is 5.47. The van der Waals surface area contributed by atoms with Crippen LogP contribution in [0.15, 0.2) is 35.5 Å². The molecule has 18 heavy (non-hydrogen) atoms. The number of rotatable bonds is 5. The van der Waals surface area contributed by atoms with Gasteiger partial charge in [0.25, 0.3) is 0 Å². The van der Waals surface area contributed by atoms with E-state index in [1.807, 2.05) is 24.3 Å². The van der Waals surface area contributed by atoms with Crippen LogP contribution in [0.1, 0.15) is 6.92 Å². The van der Waals surface area contributed by atoms with Gasteiger partial charge in [0.2, 0.25) is 0 Å². The summed E-state index contributed by atoms with van der Waals surface area (Å²) in [4.78, 5) is 1.56. The van der Waals surface area contributed by atoms with Gasteiger partial charge in [-0.15, -0.1) is 28.1 Å². The third kappa shape index (κ3) is 2.84. The van der Waals surface area contributed by atoms with Gasteiger partial charge in [-0.25, -0.2) is 0 Å². The van der Waals surface area contributed by atoms with Crippen LogP contribution in [-0.2, 0) is 0 Å². The van der Waals surface area contributed by atoms with Gasteiger partial charge in [-0.1, -0.05) is 25.0 Å². The Labute approximate surface area is 110 Å². The summed E-state index contributed by atoms with van der Waals surface area (Å²) in [7, 11) is 0. The number of hydrogen-bond donors (Lipinski definition) is 0. The van der Waals surface area contributed by atoms with E-state index in [0.29, 0.717) is 5.75 Å². The molecule has 0 spiro atoms.